The highest BCUT2D eigenvalue weighted by Crippen LogP contribution is 2.42. The van der Waals surface area contributed by atoms with E-state index in [0.717, 1.165) is 32.5 Å². The van der Waals surface area contributed by atoms with Crippen LogP contribution < -0.4 is 0 Å². The zero-order valence-electron chi connectivity index (χ0n) is 16.9. The van der Waals surface area contributed by atoms with E-state index in [9.17, 15) is 4.79 Å². The van der Waals surface area contributed by atoms with Crippen LogP contribution in [-0.2, 0) is 23.1 Å². The molecule has 0 spiro atoms. The number of aromatic nitrogens is 4. The van der Waals surface area contributed by atoms with Crippen molar-refractivity contribution in [3.8, 4) is 0 Å². The van der Waals surface area contributed by atoms with Crippen LogP contribution in [0, 0.1) is 11.8 Å². The van der Waals surface area contributed by atoms with Gasteiger partial charge in [0, 0.05) is 59.4 Å². The summed E-state index contributed by atoms with van der Waals surface area (Å²) >= 11 is 0. The highest BCUT2D eigenvalue weighted by atomic mass is 16.5. The second-order valence-electron chi connectivity index (χ2n) is 8.32. The van der Waals surface area contributed by atoms with Gasteiger partial charge in [-0.3, -0.25) is 19.1 Å². The number of carbonyl (C=O) groups is 1. The molecule has 2 fully saturated rings. The van der Waals surface area contributed by atoms with Crippen molar-refractivity contribution < 1.29 is 9.53 Å². The molecule has 152 valence electrons. The van der Waals surface area contributed by atoms with Crippen LogP contribution in [0.3, 0.4) is 0 Å². The first-order valence-corrected chi connectivity index (χ1v) is 10.0. The SMILES string of the molecule is CN(C)C(=O)CO[C@H]1C[C@@H]2CN(Cc3ccnn3C)C[C@@H]2C[C@@H]1n1cccn1. The Labute approximate surface area is 166 Å². The van der Waals surface area contributed by atoms with E-state index in [4.69, 9.17) is 4.74 Å². The molecule has 0 aromatic carbocycles. The summed E-state index contributed by atoms with van der Waals surface area (Å²) < 4.78 is 10.1. The van der Waals surface area contributed by atoms with Gasteiger partial charge in [0.2, 0.25) is 5.91 Å². The molecule has 8 heteroatoms. The monoisotopic (exact) mass is 386 g/mol. The normalized spacial score (nSPS) is 27.7. The second-order valence-corrected chi connectivity index (χ2v) is 8.32. The Kier molecular flexibility index (Phi) is 5.50. The average molecular weight is 387 g/mol. The van der Waals surface area contributed by atoms with Gasteiger partial charge < -0.3 is 9.64 Å². The number of amides is 1. The van der Waals surface area contributed by atoms with Crippen LogP contribution in [0.25, 0.3) is 0 Å². The first-order valence-electron chi connectivity index (χ1n) is 10.0. The summed E-state index contributed by atoms with van der Waals surface area (Å²) in [6, 6.07) is 4.23. The number of rotatable bonds is 6. The molecule has 0 bridgehead atoms. The van der Waals surface area contributed by atoms with Crippen molar-refractivity contribution in [3.63, 3.8) is 0 Å². The minimum absolute atomic E-state index is 0.00518. The van der Waals surface area contributed by atoms with E-state index in [1.54, 1.807) is 19.0 Å². The fourth-order valence-corrected chi connectivity index (χ4v) is 4.64. The van der Waals surface area contributed by atoms with E-state index in [1.165, 1.54) is 5.69 Å². The number of likely N-dealkylation sites (tertiary alicyclic amines) is 1. The van der Waals surface area contributed by atoms with Crippen LogP contribution in [0.4, 0.5) is 0 Å². The fraction of sp³-hybridized carbons (Fsp3) is 0.650. The van der Waals surface area contributed by atoms with Gasteiger partial charge in [-0.2, -0.15) is 10.2 Å². The maximum atomic E-state index is 12.0. The lowest BCUT2D eigenvalue weighted by Crippen LogP contribution is -2.40. The van der Waals surface area contributed by atoms with Gasteiger partial charge in [-0.25, -0.2) is 0 Å². The van der Waals surface area contributed by atoms with Crippen LogP contribution in [0.1, 0.15) is 24.6 Å². The molecule has 0 N–H and O–H groups in total. The van der Waals surface area contributed by atoms with Crippen molar-refractivity contribution in [2.45, 2.75) is 31.5 Å². The fourth-order valence-electron chi connectivity index (χ4n) is 4.64. The lowest BCUT2D eigenvalue weighted by Gasteiger charge is -2.38. The summed E-state index contributed by atoms with van der Waals surface area (Å²) in [5.41, 5.74) is 1.24. The summed E-state index contributed by atoms with van der Waals surface area (Å²) in [4.78, 5) is 16.1. The molecule has 1 saturated heterocycles. The summed E-state index contributed by atoms with van der Waals surface area (Å²) in [7, 11) is 5.53. The quantitative estimate of drug-likeness (QED) is 0.746. The highest BCUT2D eigenvalue weighted by Gasteiger charge is 2.43. The van der Waals surface area contributed by atoms with E-state index in [0.29, 0.717) is 11.8 Å². The topological polar surface area (TPSA) is 68.4 Å². The smallest absolute Gasteiger partial charge is 0.248 e. The third-order valence-electron chi connectivity index (χ3n) is 6.25. The first-order chi connectivity index (χ1) is 13.5. The van der Waals surface area contributed by atoms with Crippen molar-refractivity contribution in [2.24, 2.45) is 18.9 Å². The molecule has 1 amide bonds. The predicted octanol–water partition coefficient (Wildman–Crippen LogP) is 1.17. The number of fused-ring (bicyclic) bond motifs is 1. The summed E-state index contributed by atoms with van der Waals surface area (Å²) in [5, 5.41) is 8.76. The van der Waals surface area contributed by atoms with Gasteiger partial charge in [0.1, 0.15) is 6.61 Å². The molecule has 4 atom stereocenters. The molecule has 2 aliphatic rings. The molecule has 2 aromatic rings. The summed E-state index contributed by atoms with van der Waals surface area (Å²) in [6.07, 6.45) is 7.71. The van der Waals surface area contributed by atoms with Gasteiger partial charge in [-0.15, -0.1) is 0 Å². The van der Waals surface area contributed by atoms with Gasteiger partial charge in [-0.1, -0.05) is 0 Å². The Morgan fingerprint density at radius 3 is 2.64 bits per heavy atom. The maximum Gasteiger partial charge on any atom is 0.248 e. The third kappa shape index (κ3) is 3.98. The second kappa shape index (κ2) is 8.05. The number of hydrogen-bond donors (Lipinski definition) is 0. The molecular weight excluding hydrogens is 356 g/mol. The number of likely N-dealkylation sites (N-methyl/N-ethyl adjacent to an activating group) is 1. The molecule has 3 heterocycles. The Hall–Kier alpha value is -2.19. The molecule has 0 radical (unpaired) electrons. The molecule has 0 unspecified atom stereocenters. The molecule has 1 aliphatic carbocycles. The molecule has 1 aliphatic heterocycles. The van der Waals surface area contributed by atoms with Crippen molar-refractivity contribution >= 4 is 5.91 Å². The van der Waals surface area contributed by atoms with Crippen LogP contribution in [0.2, 0.25) is 0 Å². The van der Waals surface area contributed by atoms with Crippen molar-refractivity contribution in [1.82, 2.24) is 29.4 Å². The Balaban J connectivity index is 1.44. The Bertz CT molecular complexity index is 786. The van der Waals surface area contributed by atoms with E-state index in [-0.39, 0.29) is 24.7 Å². The van der Waals surface area contributed by atoms with Crippen molar-refractivity contribution in [2.75, 3.05) is 33.8 Å². The molecule has 28 heavy (non-hydrogen) atoms. The van der Waals surface area contributed by atoms with Crippen molar-refractivity contribution in [3.05, 3.63) is 36.4 Å². The number of aryl methyl sites for hydroxylation is 1. The molecule has 2 aromatic heterocycles. The molecule has 8 nitrogen and oxygen atoms in total. The van der Waals surface area contributed by atoms with Gasteiger partial charge in [0.05, 0.1) is 17.8 Å². The zero-order chi connectivity index (χ0) is 19.7. The molecular formula is C20H30N6O2. The van der Waals surface area contributed by atoms with Crippen LogP contribution in [0.15, 0.2) is 30.7 Å². The lowest BCUT2D eigenvalue weighted by atomic mass is 9.77. The number of hydrogen-bond acceptors (Lipinski definition) is 5. The number of carbonyl (C=O) groups excluding carboxylic acids is 1. The van der Waals surface area contributed by atoms with E-state index in [2.05, 4.69) is 21.2 Å². The van der Waals surface area contributed by atoms with Gasteiger partial charge in [0.15, 0.2) is 0 Å². The summed E-state index contributed by atoms with van der Waals surface area (Å²) in [5.74, 6) is 1.23. The largest absolute Gasteiger partial charge is 0.366 e. The standard InChI is InChI=1S/C20H30N6O2/c1-23(2)20(27)14-28-19-10-16-12-25(13-17-5-7-21-24(17)3)11-15(16)9-18(19)26-8-4-6-22-26/h4-8,15-16,18-19H,9-14H2,1-3H3/t15-,16+,18-,19-/m0/s1. The lowest BCUT2D eigenvalue weighted by molar-refractivity contribution is -0.138. The Morgan fingerprint density at radius 2 is 2.00 bits per heavy atom. The predicted molar refractivity (Wildman–Crippen MR) is 104 cm³/mol. The average Bonchev–Trinajstić information content (AvgIpc) is 3.40. The van der Waals surface area contributed by atoms with Gasteiger partial charge >= 0.3 is 0 Å². The summed E-state index contributed by atoms with van der Waals surface area (Å²) in [6.45, 7) is 3.23. The van der Waals surface area contributed by atoms with E-state index < -0.39 is 0 Å². The van der Waals surface area contributed by atoms with Crippen LogP contribution >= 0.6 is 0 Å². The zero-order valence-corrected chi connectivity index (χ0v) is 16.9. The van der Waals surface area contributed by atoms with Crippen molar-refractivity contribution in [1.29, 1.82) is 0 Å². The van der Waals surface area contributed by atoms with Crippen LogP contribution in [-0.4, -0.2) is 75.2 Å². The minimum atomic E-state index is 0.00518. The minimum Gasteiger partial charge on any atom is -0.366 e. The van der Waals surface area contributed by atoms with E-state index >= 15 is 0 Å². The molecule has 4 rings (SSSR count). The third-order valence-corrected chi connectivity index (χ3v) is 6.25. The number of ether oxygens (including phenoxy) is 1. The maximum absolute atomic E-state index is 12.0. The Morgan fingerprint density at radius 1 is 1.21 bits per heavy atom. The number of nitrogens with zero attached hydrogens (tertiary/aromatic N) is 6. The molecule has 1 saturated carbocycles. The van der Waals surface area contributed by atoms with Crippen LogP contribution in [0.5, 0.6) is 0 Å². The highest BCUT2D eigenvalue weighted by molar-refractivity contribution is 5.76. The van der Waals surface area contributed by atoms with E-state index in [1.807, 2.05) is 41.1 Å². The first kappa shape index (κ1) is 19.1. The van der Waals surface area contributed by atoms with Gasteiger partial charge in [0.25, 0.3) is 0 Å². The van der Waals surface area contributed by atoms with Gasteiger partial charge in [-0.05, 0) is 36.8 Å².